The number of rotatable bonds is 0. The molecule has 1 aromatic carbocycles. The number of aliphatic imine (C=N–C) groups is 1. The Morgan fingerprint density at radius 3 is 2.92 bits per heavy atom. The Hall–Kier alpha value is -1.84. The minimum atomic E-state index is -0.383. The molecule has 2 amide bonds. The number of urea groups is 1. The van der Waals surface area contributed by atoms with Crippen LogP contribution in [0.5, 0.6) is 0 Å². The van der Waals surface area contributed by atoms with Gasteiger partial charge in [0.1, 0.15) is 0 Å². The lowest BCUT2D eigenvalue weighted by molar-refractivity contribution is 0.251. The first kappa shape index (κ1) is 6.84. The Balaban J connectivity index is 2.45. The van der Waals surface area contributed by atoms with Gasteiger partial charge >= 0.3 is 6.03 Å². The number of benzene rings is 1. The van der Waals surface area contributed by atoms with E-state index in [1.165, 1.54) is 6.21 Å². The first-order chi connectivity index (χ1) is 5.86. The Kier molecular flexibility index (Phi) is 1.51. The summed E-state index contributed by atoms with van der Waals surface area (Å²) in [5.74, 6) is 0. The van der Waals surface area contributed by atoms with E-state index in [0.717, 1.165) is 11.3 Å². The fourth-order valence-corrected chi connectivity index (χ4v) is 1.00. The highest BCUT2D eigenvalue weighted by Gasteiger charge is 2.04. The Morgan fingerprint density at radius 1 is 1.17 bits per heavy atom. The Bertz CT molecular complexity index is 346. The van der Waals surface area contributed by atoms with Gasteiger partial charge in [0.05, 0.1) is 5.69 Å². The Labute approximate surface area is 69.3 Å². The van der Waals surface area contributed by atoms with Crippen LogP contribution in [0.4, 0.5) is 10.5 Å². The molecule has 0 bridgehead atoms. The van der Waals surface area contributed by atoms with Crippen LogP contribution in [0, 0.1) is 0 Å². The fourth-order valence-electron chi connectivity index (χ4n) is 1.00. The van der Waals surface area contributed by atoms with Gasteiger partial charge in [-0.25, -0.2) is 10.2 Å². The lowest BCUT2D eigenvalue weighted by Crippen LogP contribution is -2.25. The number of fused-ring (bicyclic) bond motifs is 1. The molecule has 4 nitrogen and oxygen atoms in total. The molecule has 0 spiro atoms. The van der Waals surface area contributed by atoms with E-state index in [1.54, 1.807) is 0 Å². The average Bonchev–Trinajstić information content (AvgIpc) is 2.29. The van der Waals surface area contributed by atoms with Gasteiger partial charge in [-0.05, 0) is 6.07 Å². The van der Waals surface area contributed by atoms with Crippen molar-refractivity contribution < 1.29 is 4.79 Å². The molecule has 0 saturated heterocycles. The second-order valence-electron chi connectivity index (χ2n) is 2.40. The van der Waals surface area contributed by atoms with Crippen LogP contribution < -0.4 is 10.9 Å². The molecule has 0 atom stereocenters. The zero-order valence-corrected chi connectivity index (χ0v) is 6.24. The van der Waals surface area contributed by atoms with Crippen LogP contribution in [0.3, 0.4) is 0 Å². The molecule has 1 aliphatic heterocycles. The molecule has 12 heavy (non-hydrogen) atoms. The molecule has 0 saturated carbocycles. The number of carbonyl (C=O) groups excluding carboxylic acids is 1. The number of anilines is 1. The maximum absolute atomic E-state index is 10.8. The van der Waals surface area contributed by atoms with Crippen LogP contribution in [0.2, 0.25) is 0 Å². The van der Waals surface area contributed by atoms with E-state index in [2.05, 4.69) is 15.8 Å². The predicted molar refractivity (Wildman–Crippen MR) is 46.2 cm³/mol. The van der Waals surface area contributed by atoms with Crippen molar-refractivity contribution in [2.24, 2.45) is 4.99 Å². The van der Waals surface area contributed by atoms with Gasteiger partial charge in [-0.1, -0.05) is 18.2 Å². The van der Waals surface area contributed by atoms with Crippen molar-refractivity contribution in [1.29, 1.82) is 0 Å². The number of para-hydroxylation sites is 1. The summed E-state index contributed by atoms with van der Waals surface area (Å²) in [5, 5.41) is 0. The second-order valence-corrected chi connectivity index (χ2v) is 2.40. The number of amides is 2. The molecule has 60 valence electrons. The molecule has 1 aromatic rings. The van der Waals surface area contributed by atoms with Gasteiger partial charge in [0.25, 0.3) is 0 Å². The SMILES string of the molecule is O=C1N=Cc2ccccc2NN1. The minimum absolute atomic E-state index is 0.383. The van der Waals surface area contributed by atoms with E-state index < -0.39 is 0 Å². The largest absolute Gasteiger partial charge is 0.359 e. The molecule has 0 radical (unpaired) electrons. The quantitative estimate of drug-likeness (QED) is 0.599. The number of nitrogens with one attached hydrogen (secondary N) is 2. The molecule has 1 aliphatic rings. The van der Waals surface area contributed by atoms with Crippen LogP contribution >= 0.6 is 0 Å². The highest BCUT2D eigenvalue weighted by atomic mass is 16.2. The van der Waals surface area contributed by atoms with Crippen molar-refractivity contribution in [3.05, 3.63) is 29.8 Å². The summed E-state index contributed by atoms with van der Waals surface area (Å²) in [6, 6.07) is 7.14. The van der Waals surface area contributed by atoms with Crippen LogP contribution in [0.1, 0.15) is 5.56 Å². The number of nitrogens with zero attached hydrogens (tertiary/aromatic N) is 1. The van der Waals surface area contributed by atoms with Crippen LogP contribution in [0.15, 0.2) is 29.3 Å². The van der Waals surface area contributed by atoms with Gasteiger partial charge in [0, 0.05) is 11.8 Å². The number of carbonyl (C=O) groups is 1. The highest BCUT2D eigenvalue weighted by molar-refractivity contribution is 5.97. The van der Waals surface area contributed by atoms with E-state index in [9.17, 15) is 4.79 Å². The van der Waals surface area contributed by atoms with Crippen molar-refractivity contribution in [1.82, 2.24) is 5.43 Å². The molecule has 4 heteroatoms. The van der Waals surface area contributed by atoms with E-state index in [0.29, 0.717) is 0 Å². The molecule has 0 unspecified atom stereocenters. The van der Waals surface area contributed by atoms with Gasteiger partial charge in [0.15, 0.2) is 0 Å². The summed E-state index contributed by atoms with van der Waals surface area (Å²) in [6.45, 7) is 0. The normalized spacial score (nSPS) is 14.2. The molecular weight excluding hydrogens is 154 g/mol. The summed E-state index contributed by atoms with van der Waals surface area (Å²) >= 11 is 0. The van der Waals surface area contributed by atoms with E-state index in [-0.39, 0.29) is 6.03 Å². The lowest BCUT2D eigenvalue weighted by Gasteiger charge is -2.04. The first-order valence-corrected chi connectivity index (χ1v) is 3.55. The maximum atomic E-state index is 10.8. The van der Waals surface area contributed by atoms with Crippen molar-refractivity contribution in [3.63, 3.8) is 0 Å². The monoisotopic (exact) mass is 161 g/mol. The van der Waals surface area contributed by atoms with Crippen molar-refractivity contribution >= 4 is 17.9 Å². The average molecular weight is 161 g/mol. The number of hydrazine groups is 1. The third-order valence-electron chi connectivity index (χ3n) is 1.59. The van der Waals surface area contributed by atoms with Crippen molar-refractivity contribution in [2.75, 3.05) is 5.43 Å². The van der Waals surface area contributed by atoms with Crippen LogP contribution in [-0.2, 0) is 0 Å². The zero-order valence-electron chi connectivity index (χ0n) is 6.24. The second kappa shape index (κ2) is 2.65. The maximum Gasteiger partial charge on any atom is 0.359 e. The minimum Gasteiger partial charge on any atom is -0.296 e. The summed E-state index contributed by atoms with van der Waals surface area (Å²) in [5.41, 5.74) is 6.92. The van der Waals surface area contributed by atoms with Crippen LogP contribution in [-0.4, -0.2) is 12.2 Å². The molecule has 0 aliphatic carbocycles. The summed E-state index contributed by atoms with van der Waals surface area (Å²) in [7, 11) is 0. The van der Waals surface area contributed by atoms with Gasteiger partial charge in [0.2, 0.25) is 0 Å². The van der Waals surface area contributed by atoms with Crippen LogP contribution in [0.25, 0.3) is 0 Å². The summed E-state index contributed by atoms with van der Waals surface area (Å²) in [4.78, 5) is 14.4. The number of hydrogen-bond acceptors (Lipinski definition) is 2. The third kappa shape index (κ3) is 1.14. The first-order valence-electron chi connectivity index (χ1n) is 3.55. The van der Waals surface area contributed by atoms with Gasteiger partial charge < -0.3 is 0 Å². The molecule has 2 N–H and O–H groups in total. The molecule has 0 fully saturated rings. The Morgan fingerprint density at radius 2 is 2.00 bits per heavy atom. The van der Waals surface area contributed by atoms with Crippen molar-refractivity contribution in [3.8, 4) is 0 Å². The van der Waals surface area contributed by atoms with E-state index in [4.69, 9.17) is 0 Å². The molecule has 0 aromatic heterocycles. The van der Waals surface area contributed by atoms with Gasteiger partial charge in [-0.15, -0.1) is 0 Å². The smallest absolute Gasteiger partial charge is 0.296 e. The molecule has 2 rings (SSSR count). The van der Waals surface area contributed by atoms with Gasteiger partial charge in [-0.3, -0.25) is 5.43 Å². The van der Waals surface area contributed by atoms with Crippen molar-refractivity contribution in [2.45, 2.75) is 0 Å². The predicted octanol–water partition coefficient (Wildman–Crippen LogP) is 1.16. The fraction of sp³-hybridized carbons (Fsp3) is 0. The number of hydrogen-bond donors (Lipinski definition) is 2. The topological polar surface area (TPSA) is 53.5 Å². The van der Waals surface area contributed by atoms with E-state index >= 15 is 0 Å². The molecular formula is C8H7N3O. The lowest BCUT2D eigenvalue weighted by atomic mass is 10.2. The zero-order chi connectivity index (χ0) is 8.39. The third-order valence-corrected chi connectivity index (χ3v) is 1.59. The van der Waals surface area contributed by atoms with Gasteiger partial charge in [-0.2, -0.15) is 4.99 Å². The standard InChI is InChI=1S/C8H7N3O/c12-8-9-5-6-3-1-2-4-7(6)10-11-8/h1-5,10H,(H,11,12). The highest BCUT2D eigenvalue weighted by Crippen LogP contribution is 2.12. The van der Waals surface area contributed by atoms with E-state index in [1.807, 2.05) is 24.3 Å². The summed E-state index contributed by atoms with van der Waals surface area (Å²) < 4.78 is 0. The molecule has 1 heterocycles. The summed E-state index contributed by atoms with van der Waals surface area (Å²) in [6.07, 6.45) is 1.53.